The fraction of sp³-hybridized carbons (Fsp3) is 0.538. The predicted octanol–water partition coefficient (Wildman–Crippen LogP) is 3.11. The molecule has 1 saturated carbocycles. The Hall–Kier alpha value is -1.10. The Labute approximate surface area is 111 Å². The molecule has 1 aliphatic carbocycles. The SMILES string of the molecule is COc1cc(NC2CCCC2SC)c(N)cc1F. The number of nitrogens with one attached hydrogen (secondary N) is 1. The first-order valence-electron chi connectivity index (χ1n) is 6.08. The molecule has 0 saturated heterocycles. The summed E-state index contributed by atoms with van der Waals surface area (Å²) in [6.07, 6.45) is 5.70. The highest BCUT2D eigenvalue weighted by molar-refractivity contribution is 7.99. The van der Waals surface area contributed by atoms with Crippen LogP contribution in [0.3, 0.4) is 0 Å². The molecule has 1 aliphatic rings. The van der Waals surface area contributed by atoms with Crippen LogP contribution in [-0.2, 0) is 0 Å². The van der Waals surface area contributed by atoms with E-state index in [1.54, 1.807) is 6.07 Å². The molecule has 0 heterocycles. The van der Waals surface area contributed by atoms with Crippen molar-refractivity contribution in [3.05, 3.63) is 17.9 Å². The van der Waals surface area contributed by atoms with Crippen molar-refractivity contribution in [2.75, 3.05) is 24.4 Å². The van der Waals surface area contributed by atoms with Gasteiger partial charge in [0.15, 0.2) is 11.6 Å². The second-order valence-corrected chi connectivity index (χ2v) is 5.61. The van der Waals surface area contributed by atoms with E-state index in [2.05, 4.69) is 11.6 Å². The second-order valence-electron chi connectivity index (χ2n) is 4.53. The average Bonchev–Trinajstić information content (AvgIpc) is 2.79. The van der Waals surface area contributed by atoms with Crippen LogP contribution in [0.5, 0.6) is 5.75 Å². The molecule has 0 aliphatic heterocycles. The minimum absolute atomic E-state index is 0.227. The summed E-state index contributed by atoms with van der Waals surface area (Å²) in [4.78, 5) is 0. The molecule has 1 aromatic rings. The minimum atomic E-state index is -0.423. The topological polar surface area (TPSA) is 47.3 Å². The lowest BCUT2D eigenvalue weighted by Gasteiger charge is -2.22. The van der Waals surface area contributed by atoms with Gasteiger partial charge in [-0.2, -0.15) is 11.8 Å². The van der Waals surface area contributed by atoms with Gasteiger partial charge in [0.25, 0.3) is 0 Å². The van der Waals surface area contributed by atoms with Gasteiger partial charge < -0.3 is 15.8 Å². The van der Waals surface area contributed by atoms with Crippen LogP contribution in [-0.4, -0.2) is 24.7 Å². The van der Waals surface area contributed by atoms with Crippen molar-refractivity contribution in [1.82, 2.24) is 0 Å². The van der Waals surface area contributed by atoms with E-state index in [0.717, 1.165) is 12.1 Å². The van der Waals surface area contributed by atoms with E-state index in [0.29, 0.717) is 17.0 Å². The van der Waals surface area contributed by atoms with Crippen LogP contribution in [0.15, 0.2) is 12.1 Å². The third-order valence-corrected chi connectivity index (χ3v) is 4.59. The molecule has 0 spiro atoms. The van der Waals surface area contributed by atoms with Crippen molar-refractivity contribution < 1.29 is 9.13 Å². The normalized spacial score (nSPS) is 23.1. The maximum absolute atomic E-state index is 13.5. The van der Waals surface area contributed by atoms with Crippen LogP contribution in [0.4, 0.5) is 15.8 Å². The summed E-state index contributed by atoms with van der Waals surface area (Å²) in [7, 11) is 1.46. The third-order valence-electron chi connectivity index (χ3n) is 3.42. The number of anilines is 2. The van der Waals surface area contributed by atoms with Crippen molar-refractivity contribution in [1.29, 1.82) is 0 Å². The highest BCUT2D eigenvalue weighted by Crippen LogP contribution is 2.34. The molecule has 0 amide bonds. The van der Waals surface area contributed by atoms with E-state index >= 15 is 0 Å². The van der Waals surface area contributed by atoms with E-state index in [1.807, 2.05) is 11.8 Å². The summed E-state index contributed by atoms with van der Waals surface area (Å²) in [5.41, 5.74) is 7.04. The van der Waals surface area contributed by atoms with Crippen molar-refractivity contribution in [3.63, 3.8) is 0 Å². The van der Waals surface area contributed by atoms with Gasteiger partial charge in [-0.3, -0.25) is 0 Å². The van der Waals surface area contributed by atoms with E-state index in [9.17, 15) is 4.39 Å². The molecular formula is C13H19FN2OS. The molecular weight excluding hydrogens is 251 g/mol. The molecule has 0 bridgehead atoms. The number of nitrogen functional groups attached to an aromatic ring is 1. The summed E-state index contributed by atoms with van der Waals surface area (Å²) in [5, 5.41) is 4.02. The first-order chi connectivity index (χ1) is 8.65. The van der Waals surface area contributed by atoms with E-state index < -0.39 is 5.82 Å². The standard InChI is InChI=1S/C13H19FN2OS/c1-17-12-7-11(9(15)6-8(12)14)16-10-4-3-5-13(10)18-2/h6-7,10,13,16H,3-5,15H2,1-2H3. The molecule has 0 aromatic heterocycles. The fourth-order valence-electron chi connectivity index (χ4n) is 2.42. The Kier molecular flexibility index (Phi) is 4.22. The zero-order chi connectivity index (χ0) is 13.1. The molecule has 2 unspecified atom stereocenters. The number of hydrogen-bond donors (Lipinski definition) is 2. The van der Waals surface area contributed by atoms with Gasteiger partial charge in [0, 0.05) is 23.4 Å². The second kappa shape index (κ2) is 5.69. The lowest BCUT2D eigenvalue weighted by atomic mass is 10.2. The van der Waals surface area contributed by atoms with E-state index in [1.165, 1.54) is 26.0 Å². The number of benzene rings is 1. The highest BCUT2D eigenvalue weighted by atomic mass is 32.2. The van der Waals surface area contributed by atoms with Crippen molar-refractivity contribution >= 4 is 23.1 Å². The quantitative estimate of drug-likeness (QED) is 0.825. The van der Waals surface area contributed by atoms with Crippen LogP contribution in [0, 0.1) is 5.82 Å². The Balaban J connectivity index is 2.18. The molecule has 18 heavy (non-hydrogen) atoms. The largest absolute Gasteiger partial charge is 0.494 e. The van der Waals surface area contributed by atoms with Gasteiger partial charge in [0.2, 0.25) is 0 Å². The first kappa shape index (κ1) is 13.3. The molecule has 1 aromatic carbocycles. The number of hydrogen-bond acceptors (Lipinski definition) is 4. The van der Waals surface area contributed by atoms with Crippen molar-refractivity contribution in [2.24, 2.45) is 0 Å². The van der Waals surface area contributed by atoms with Crippen LogP contribution in [0.2, 0.25) is 0 Å². The Morgan fingerprint density at radius 3 is 2.89 bits per heavy atom. The summed E-state index contributed by atoms with van der Waals surface area (Å²) in [5.74, 6) is -0.196. The number of thioether (sulfide) groups is 1. The van der Waals surface area contributed by atoms with Crippen LogP contribution in [0.25, 0.3) is 0 Å². The van der Waals surface area contributed by atoms with Gasteiger partial charge in [-0.1, -0.05) is 6.42 Å². The van der Waals surface area contributed by atoms with Crippen LogP contribution in [0.1, 0.15) is 19.3 Å². The van der Waals surface area contributed by atoms with Gasteiger partial charge in [-0.05, 0) is 19.1 Å². The van der Waals surface area contributed by atoms with Crippen LogP contribution < -0.4 is 15.8 Å². The van der Waals surface area contributed by atoms with Gasteiger partial charge in [-0.25, -0.2) is 4.39 Å². The van der Waals surface area contributed by atoms with Gasteiger partial charge in [0.1, 0.15) is 0 Å². The molecule has 0 radical (unpaired) electrons. The van der Waals surface area contributed by atoms with Crippen LogP contribution >= 0.6 is 11.8 Å². The molecule has 2 atom stereocenters. The molecule has 3 nitrogen and oxygen atoms in total. The third kappa shape index (κ3) is 2.66. The van der Waals surface area contributed by atoms with E-state index in [-0.39, 0.29) is 5.75 Å². The Bertz CT molecular complexity index is 428. The zero-order valence-electron chi connectivity index (χ0n) is 10.7. The Morgan fingerprint density at radius 1 is 1.44 bits per heavy atom. The monoisotopic (exact) mass is 270 g/mol. The summed E-state index contributed by atoms with van der Waals surface area (Å²) < 4.78 is 18.4. The number of rotatable bonds is 4. The number of ether oxygens (including phenoxy) is 1. The highest BCUT2D eigenvalue weighted by Gasteiger charge is 2.27. The smallest absolute Gasteiger partial charge is 0.167 e. The maximum atomic E-state index is 13.5. The van der Waals surface area contributed by atoms with Crippen molar-refractivity contribution in [3.8, 4) is 5.75 Å². The van der Waals surface area contributed by atoms with Gasteiger partial charge in [0.05, 0.1) is 18.5 Å². The predicted molar refractivity (Wildman–Crippen MR) is 75.9 cm³/mol. The van der Waals surface area contributed by atoms with E-state index in [4.69, 9.17) is 10.5 Å². The molecule has 5 heteroatoms. The molecule has 3 N–H and O–H groups in total. The first-order valence-corrected chi connectivity index (χ1v) is 7.37. The molecule has 1 fully saturated rings. The Morgan fingerprint density at radius 2 is 2.22 bits per heavy atom. The van der Waals surface area contributed by atoms with Gasteiger partial charge >= 0.3 is 0 Å². The van der Waals surface area contributed by atoms with Crippen molar-refractivity contribution in [2.45, 2.75) is 30.6 Å². The lowest BCUT2D eigenvalue weighted by molar-refractivity contribution is 0.387. The summed E-state index contributed by atoms with van der Waals surface area (Å²) in [6, 6.07) is 3.35. The number of halogens is 1. The molecule has 100 valence electrons. The lowest BCUT2D eigenvalue weighted by Crippen LogP contribution is -2.26. The van der Waals surface area contributed by atoms with Gasteiger partial charge in [-0.15, -0.1) is 0 Å². The average molecular weight is 270 g/mol. The fourth-order valence-corrected chi connectivity index (χ4v) is 3.36. The summed E-state index contributed by atoms with van der Waals surface area (Å²) >= 11 is 1.87. The minimum Gasteiger partial charge on any atom is -0.494 e. The number of nitrogens with two attached hydrogens (primary N) is 1. The summed E-state index contributed by atoms with van der Waals surface area (Å²) in [6.45, 7) is 0. The zero-order valence-corrected chi connectivity index (χ0v) is 11.5. The maximum Gasteiger partial charge on any atom is 0.167 e. The number of methoxy groups -OCH3 is 1. The molecule has 2 rings (SSSR count).